The molecule has 104 valence electrons. The van der Waals surface area contributed by atoms with Crippen molar-refractivity contribution in [1.29, 1.82) is 0 Å². The number of hydrogen-bond acceptors (Lipinski definition) is 5. The van der Waals surface area contributed by atoms with Crippen LogP contribution in [0.25, 0.3) is 0 Å². The lowest BCUT2D eigenvalue weighted by Crippen LogP contribution is -2.41. The minimum Gasteiger partial charge on any atom is -0.476 e. The zero-order valence-electron chi connectivity index (χ0n) is 10.7. The molecule has 0 spiro atoms. The third kappa shape index (κ3) is 2.93. The van der Waals surface area contributed by atoms with E-state index < -0.39 is 5.97 Å². The van der Waals surface area contributed by atoms with E-state index in [0.717, 1.165) is 19.4 Å². The van der Waals surface area contributed by atoms with Crippen LogP contribution >= 0.6 is 11.3 Å². The summed E-state index contributed by atoms with van der Waals surface area (Å²) in [7, 11) is 0. The van der Waals surface area contributed by atoms with Gasteiger partial charge in [-0.25, -0.2) is 9.78 Å². The second-order valence-corrected chi connectivity index (χ2v) is 5.62. The topological polar surface area (TPSA) is 91.3 Å². The molecule has 1 aliphatic rings. The minimum atomic E-state index is -1.04. The highest BCUT2D eigenvalue weighted by atomic mass is 32.1. The average molecular weight is 283 g/mol. The van der Waals surface area contributed by atoms with Crippen LogP contribution in [0.5, 0.6) is 0 Å². The molecule has 6 nitrogen and oxygen atoms in total. The van der Waals surface area contributed by atoms with Gasteiger partial charge >= 0.3 is 5.97 Å². The summed E-state index contributed by atoms with van der Waals surface area (Å²) >= 11 is 1.25. The van der Waals surface area contributed by atoms with Gasteiger partial charge in [0.2, 0.25) is 5.91 Å². The Balaban J connectivity index is 1.94. The van der Waals surface area contributed by atoms with Crippen LogP contribution in [-0.4, -0.2) is 35.1 Å². The number of nitrogens with one attached hydrogen (secondary N) is 2. The van der Waals surface area contributed by atoms with E-state index in [9.17, 15) is 9.59 Å². The van der Waals surface area contributed by atoms with E-state index in [1.165, 1.54) is 16.7 Å². The highest BCUT2D eigenvalue weighted by molar-refractivity contribution is 7.09. The molecule has 19 heavy (non-hydrogen) atoms. The second-order valence-electron chi connectivity index (χ2n) is 4.67. The molecule has 0 aromatic carbocycles. The standard InChI is InChI=1S/C12H17N3O3S/c1-2-12(3-4-13-7-12)11(18)14-5-9-15-8(6-19-9)10(16)17/h6,13H,2-5,7H2,1H3,(H,14,18)(H,16,17). The monoisotopic (exact) mass is 283 g/mol. The molecule has 1 unspecified atom stereocenters. The van der Waals surface area contributed by atoms with E-state index in [-0.39, 0.29) is 17.0 Å². The Morgan fingerprint density at radius 1 is 1.63 bits per heavy atom. The molecule has 1 atom stereocenters. The van der Waals surface area contributed by atoms with E-state index in [1.807, 2.05) is 6.92 Å². The summed E-state index contributed by atoms with van der Waals surface area (Å²) in [5.74, 6) is -1.02. The maximum atomic E-state index is 12.2. The molecule has 1 aliphatic heterocycles. The van der Waals surface area contributed by atoms with Crippen molar-refractivity contribution in [1.82, 2.24) is 15.6 Å². The van der Waals surface area contributed by atoms with Gasteiger partial charge in [0.15, 0.2) is 5.69 Å². The first-order chi connectivity index (χ1) is 9.07. The van der Waals surface area contributed by atoms with Crippen molar-refractivity contribution in [3.05, 3.63) is 16.1 Å². The average Bonchev–Trinajstić information content (AvgIpc) is 3.05. The fourth-order valence-electron chi connectivity index (χ4n) is 2.23. The molecule has 2 heterocycles. The Morgan fingerprint density at radius 3 is 2.95 bits per heavy atom. The van der Waals surface area contributed by atoms with Gasteiger partial charge in [0.1, 0.15) is 5.01 Å². The molecule has 0 saturated carbocycles. The van der Waals surface area contributed by atoms with Gasteiger partial charge in [-0.3, -0.25) is 4.79 Å². The predicted molar refractivity (Wildman–Crippen MR) is 71.1 cm³/mol. The zero-order chi connectivity index (χ0) is 13.9. The van der Waals surface area contributed by atoms with Crippen LogP contribution < -0.4 is 10.6 Å². The number of thiazole rings is 1. The summed E-state index contributed by atoms with van der Waals surface area (Å²) in [6, 6.07) is 0. The fourth-order valence-corrected chi connectivity index (χ4v) is 2.94. The van der Waals surface area contributed by atoms with Crippen LogP contribution in [0.4, 0.5) is 0 Å². The Bertz CT molecular complexity index is 480. The van der Waals surface area contributed by atoms with Gasteiger partial charge < -0.3 is 15.7 Å². The van der Waals surface area contributed by atoms with Gasteiger partial charge in [0.25, 0.3) is 0 Å². The Hall–Kier alpha value is -1.47. The molecule has 1 aromatic rings. The summed E-state index contributed by atoms with van der Waals surface area (Å²) < 4.78 is 0. The maximum absolute atomic E-state index is 12.2. The van der Waals surface area contributed by atoms with E-state index in [0.29, 0.717) is 18.1 Å². The third-order valence-corrected chi connectivity index (χ3v) is 4.42. The number of hydrogen-bond donors (Lipinski definition) is 3. The van der Waals surface area contributed by atoms with Crippen LogP contribution in [0, 0.1) is 5.41 Å². The molecule has 3 N–H and O–H groups in total. The largest absolute Gasteiger partial charge is 0.476 e. The molecule has 2 rings (SSSR count). The molecular weight excluding hydrogens is 266 g/mol. The third-order valence-electron chi connectivity index (χ3n) is 3.57. The van der Waals surface area contributed by atoms with Gasteiger partial charge in [-0.05, 0) is 19.4 Å². The summed E-state index contributed by atoms with van der Waals surface area (Å²) in [5.41, 5.74) is -0.297. The molecule has 1 aromatic heterocycles. The lowest BCUT2D eigenvalue weighted by molar-refractivity contribution is -0.130. The van der Waals surface area contributed by atoms with Crippen molar-refractivity contribution in [3.8, 4) is 0 Å². The number of carboxylic acid groups (broad SMARTS) is 1. The van der Waals surface area contributed by atoms with Crippen molar-refractivity contribution in [2.24, 2.45) is 5.41 Å². The van der Waals surface area contributed by atoms with Crippen LogP contribution in [0.1, 0.15) is 35.3 Å². The number of carbonyl (C=O) groups excluding carboxylic acids is 1. The van der Waals surface area contributed by atoms with Gasteiger partial charge in [-0.1, -0.05) is 6.92 Å². The van der Waals surface area contributed by atoms with E-state index in [4.69, 9.17) is 5.11 Å². The minimum absolute atomic E-state index is 0.0204. The number of carbonyl (C=O) groups is 2. The summed E-state index contributed by atoms with van der Waals surface area (Å²) in [5, 5.41) is 16.9. The lowest BCUT2D eigenvalue weighted by Gasteiger charge is -2.24. The SMILES string of the molecule is CCC1(C(=O)NCc2nc(C(=O)O)cs2)CCNC1. The maximum Gasteiger partial charge on any atom is 0.355 e. The molecule has 0 aliphatic carbocycles. The van der Waals surface area contributed by atoms with Gasteiger partial charge in [0.05, 0.1) is 12.0 Å². The molecule has 0 bridgehead atoms. The van der Waals surface area contributed by atoms with Crippen LogP contribution in [-0.2, 0) is 11.3 Å². The Labute approximate surface area is 115 Å². The first kappa shape index (κ1) is 14.0. The summed E-state index contributed by atoms with van der Waals surface area (Å²) in [6.45, 7) is 3.87. The normalized spacial score (nSPS) is 22.4. The fraction of sp³-hybridized carbons (Fsp3) is 0.583. The van der Waals surface area contributed by atoms with Gasteiger partial charge in [0, 0.05) is 11.9 Å². The molecule has 1 saturated heterocycles. The van der Waals surface area contributed by atoms with E-state index >= 15 is 0 Å². The Morgan fingerprint density at radius 2 is 2.42 bits per heavy atom. The number of nitrogens with zero attached hydrogens (tertiary/aromatic N) is 1. The van der Waals surface area contributed by atoms with E-state index in [2.05, 4.69) is 15.6 Å². The van der Waals surface area contributed by atoms with Crippen LogP contribution in [0.3, 0.4) is 0 Å². The van der Waals surface area contributed by atoms with Crippen molar-refractivity contribution in [2.75, 3.05) is 13.1 Å². The summed E-state index contributed by atoms with van der Waals surface area (Å²) in [6.07, 6.45) is 1.64. The number of aromatic nitrogens is 1. The Kier molecular flexibility index (Phi) is 4.16. The molecule has 7 heteroatoms. The first-order valence-corrected chi connectivity index (χ1v) is 7.12. The van der Waals surface area contributed by atoms with Crippen molar-refractivity contribution < 1.29 is 14.7 Å². The number of carboxylic acids is 1. The number of amides is 1. The predicted octanol–water partition coefficient (Wildman–Crippen LogP) is 0.847. The second kappa shape index (κ2) is 5.66. The van der Waals surface area contributed by atoms with Gasteiger partial charge in [-0.2, -0.15) is 0 Å². The highest BCUT2D eigenvalue weighted by Crippen LogP contribution is 2.29. The highest BCUT2D eigenvalue weighted by Gasteiger charge is 2.39. The first-order valence-electron chi connectivity index (χ1n) is 6.24. The molecule has 1 fully saturated rings. The van der Waals surface area contributed by atoms with Crippen LogP contribution in [0.15, 0.2) is 5.38 Å². The van der Waals surface area contributed by atoms with E-state index in [1.54, 1.807) is 0 Å². The van der Waals surface area contributed by atoms with Crippen molar-refractivity contribution in [3.63, 3.8) is 0 Å². The molecule has 1 amide bonds. The lowest BCUT2D eigenvalue weighted by atomic mass is 9.83. The number of rotatable bonds is 5. The quantitative estimate of drug-likeness (QED) is 0.745. The molecule has 0 radical (unpaired) electrons. The van der Waals surface area contributed by atoms with Crippen molar-refractivity contribution >= 4 is 23.2 Å². The number of aromatic carboxylic acids is 1. The smallest absolute Gasteiger partial charge is 0.355 e. The summed E-state index contributed by atoms with van der Waals surface area (Å²) in [4.78, 5) is 26.9. The van der Waals surface area contributed by atoms with Gasteiger partial charge in [-0.15, -0.1) is 11.3 Å². The zero-order valence-corrected chi connectivity index (χ0v) is 11.5. The molecular formula is C12H17N3O3S. The van der Waals surface area contributed by atoms with Crippen LogP contribution in [0.2, 0.25) is 0 Å². The van der Waals surface area contributed by atoms with Crippen molar-refractivity contribution in [2.45, 2.75) is 26.3 Å².